The Labute approximate surface area is 211 Å². The highest BCUT2D eigenvalue weighted by Gasteiger charge is 2.63. The molecule has 0 radical (unpaired) electrons. The molecular weight excluding hydrogens is 440 g/mol. The van der Waals surface area contributed by atoms with E-state index < -0.39 is 17.1 Å². The van der Waals surface area contributed by atoms with Crippen LogP contribution in [0.1, 0.15) is 79.1 Å². The summed E-state index contributed by atoms with van der Waals surface area (Å²) in [6, 6.07) is 0. The summed E-state index contributed by atoms with van der Waals surface area (Å²) in [6.45, 7) is 11.7. The molecule has 1 spiro atoms. The molecule has 35 heavy (non-hydrogen) atoms. The van der Waals surface area contributed by atoms with Crippen LogP contribution in [-0.2, 0) is 4.79 Å². The molecule has 5 heteroatoms. The Morgan fingerprint density at radius 1 is 1.20 bits per heavy atom. The molecule has 2 fully saturated rings. The fourth-order valence-corrected chi connectivity index (χ4v) is 6.39. The Morgan fingerprint density at radius 3 is 2.51 bits per heavy atom. The molecule has 0 saturated heterocycles. The summed E-state index contributed by atoms with van der Waals surface area (Å²) in [7, 11) is 0. The van der Waals surface area contributed by atoms with E-state index >= 15 is 0 Å². The summed E-state index contributed by atoms with van der Waals surface area (Å²) < 4.78 is 0. The van der Waals surface area contributed by atoms with Crippen molar-refractivity contribution < 1.29 is 25.2 Å². The van der Waals surface area contributed by atoms with Crippen molar-refractivity contribution in [2.45, 2.75) is 90.8 Å². The Balaban J connectivity index is 2.35. The van der Waals surface area contributed by atoms with Gasteiger partial charge in [0.05, 0.1) is 18.3 Å². The number of carbonyl (C=O) groups is 1. The molecule has 0 unspecified atom stereocenters. The first kappa shape index (κ1) is 29.4. The fraction of sp³-hybridized carbons (Fsp3) is 0.633. The van der Waals surface area contributed by atoms with Crippen molar-refractivity contribution in [1.29, 1.82) is 0 Å². The van der Waals surface area contributed by atoms with Crippen molar-refractivity contribution in [3.63, 3.8) is 0 Å². The number of aliphatic hydroxyl groups excluding tert-OH is 3. The average Bonchev–Trinajstić information content (AvgIpc) is 3.15. The van der Waals surface area contributed by atoms with Crippen LogP contribution in [0.3, 0.4) is 0 Å². The van der Waals surface area contributed by atoms with Crippen molar-refractivity contribution in [2.75, 3.05) is 13.2 Å². The van der Waals surface area contributed by atoms with Gasteiger partial charge in [-0.2, -0.15) is 0 Å². The third-order valence-electron chi connectivity index (χ3n) is 8.36. The van der Waals surface area contributed by atoms with Crippen molar-refractivity contribution in [3.05, 3.63) is 58.7 Å². The lowest BCUT2D eigenvalue weighted by Crippen LogP contribution is -2.59. The highest BCUT2D eigenvalue weighted by Crippen LogP contribution is 2.62. The molecule has 2 rings (SSSR count). The smallest absolute Gasteiger partial charge is 0.145 e. The van der Waals surface area contributed by atoms with Crippen LogP contribution in [-0.4, -0.2) is 51.6 Å². The Bertz CT molecular complexity index is 871. The summed E-state index contributed by atoms with van der Waals surface area (Å²) in [5.74, 6) is -0.489. The largest absolute Gasteiger partial charge is 0.396 e. The zero-order valence-electron chi connectivity index (χ0n) is 22.1. The zero-order chi connectivity index (χ0) is 26.2. The van der Waals surface area contributed by atoms with Gasteiger partial charge in [0.25, 0.3) is 0 Å². The van der Waals surface area contributed by atoms with Crippen molar-refractivity contribution in [1.82, 2.24) is 0 Å². The van der Waals surface area contributed by atoms with Crippen molar-refractivity contribution in [2.24, 2.45) is 17.3 Å². The van der Waals surface area contributed by atoms with Crippen LogP contribution in [0.2, 0.25) is 0 Å². The summed E-state index contributed by atoms with van der Waals surface area (Å²) in [5.41, 5.74) is 2.71. The summed E-state index contributed by atoms with van der Waals surface area (Å²) in [5, 5.41) is 43.1. The number of carbonyl (C=O) groups excluding carboxylic acids is 1. The van der Waals surface area contributed by atoms with Crippen LogP contribution < -0.4 is 0 Å². The molecule has 2 aliphatic carbocycles. The maximum absolute atomic E-state index is 11.8. The van der Waals surface area contributed by atoms with Gasteiger partial charge < -0.3 is 20.4 Å². The Morgan fingerprint density at radius 2 is 1.91 bits per heavy atom. The summed E-state index contributed by atoms with van der Waals surface area (Å²) in [4.78, 5) is 11.7. The van der Waals surface area contributed by atoms with E-state index in [0.717, 1.165) is 35.8 Å². The molecule has 2 aliphatic rings. The van der Waals surface area contributed by atoms with Crippen LogP contribution >= 0.6 is 0 Å². The first-order chi connectivity index (χ1) is 16.6. The van der Waals surface area contributed by atoms with Gasteiger partial charge in [-0.15, -0.1) is 0 Å². The van der Waals surface area contributed by atoms with Crippen molar-refractivity contribution >= 4 is 6.29 Å². The number of allylic oxidation sites excluding steroid dienone is 8. The van der Waals surface area contributed by atoms with Gasteiger partial charge in [0, 0.05) is 17.9 Å². The molecule has 5 atom stereocenters. The van der Waals surface area contributed by atoms with E-state index in [2.05, 4.69) is 26.5 Å². The molecule has 0 heterocycles. The molecule has 4 N–H and O–H groups in total. The fourth-order valence-electron chi connectivity index (χ4n) is 6.39. The van der Waals surface area contributed by atoms with Crippen LogP contribution in [0, 0.1) is 17.3 Å². The monoisotopic (exact) mass is 486 g/mol. The Hall–Kier alpha value is -1.79. The predicted octanol–water partition coefficient (Wildman–Crippen LogP) is 4.97. The normalized spacial score (nSPS) is 32.8. The maximum Gasteiger partial charge on any atom is 0.145 e. The van der Waals surface area contributed by atoms with E-state index in [0.29, 0.717) is 44.1 Å². The number of aldehydes is 1. The SMILES string of the molecule is C=C(/C=C/C=C(/CO)[C@@H]1CC[C@]2([C@H](CCCO)/C(=C(/C)C=O)CC[C@]2(C)O)[C@H]1O)CCC=C(C)C. The van der Waals surface area contributed by atoms with Crippen LogP contribution in [0.15, 0.2) is 58.7 Å². The second-order valence-electron chi connectivity index (χ2n) is 10.9. The lowest BCUT2D eigenvalue weighted by atomic mass is 9.52. The molecule has 0 amide bonds. The number of rotatable bonds is 11. The Kier molecular flexibility index (Phi) is 10.9. The van der Waals surface area contributed by atoms with Gasteiger partial charge in [0.1, 0.15) is 6.29 Å². The maximum atomic E-state index is 11.8. The van der Waals surface area contributed by atoms with Crippen molar-refractivity contribution in [3.8, 4) is 0 Å². The topological polar surface area (TPSA) is 98.0 Å². The summed E-state index contributed by atoms with van der Waals surface area (Å²) in [6.07, 6.45) is 13.1. The molecule has 196 valence electrons. The molecule has 0 bridgehead atoms. The molecule has 0 aromatic carbocycles. The van der Waals surface area contributed by atoms with E-state index in [1.807, 2.05) is 18.2 Å². The number of aliphatic hydroxyl groups is 4. The van der Waals surface area contributed by atoms with E-state index in [4.69, 9.17) is 0 Å². The highest BCUT2D eigenvalue weighted by atomic mass is 16.3. The quantitative estimate of drug-likeness (QED) is 0.143. The van der Waals surface area contributed by atoms with E-state index in [1.54, 1.807) is 13.8 Å². The minimum atomic E-state index is -1.12. The third-order valence-corrected chi connectivity index (χ3v) is 8.36. The van der Waals surface area contributed by atoms with Gasteiger partial charge >= 0.3 is 0 Å². The first-order valence-corrected chi connectivity index (χ1v) is 13.0. The van der Waals surface area contributed by atoms with Gasteiger partial charge in [-0.1, -0.05) is 47.6 Å². The van der Waals surface area contributed by atoms with Crippen LogP contribution in [0.5, 0.6) is 0 Å². The zero-order valence-corrected chi connectivity index (χ0v) is 22.1. The number of hydrogen-bond acceptors (Lipinski definition) is 5. The second kappa shape index (κ2) is 13.0. The molecule has 2 saturated carbocycles. The lowest BCUT2D eigenvalue weighted by Gasteiger charge is -2.55. The third kappa shape index (κ3) is 6.51. The van der Waals surface area contributed by atoms with E-state index in [9.17, 15) is 25.2 Å². The molecule has 5 nitrogen and oxygen atoms in total. The van der Waals surface area contributed by atoms with Gasteiger partial charge in [-0.05, 0) is 96.1 Å². The second-order valence-corrected chi connectivity index (χ2v) is 10.9. The minimum absolute atomic E-state index is 0.0196. The average molecular weight is 487 g/mol. The standard InChI is InChI=1S/C30H46O5/c1-21(2)9-6-10-22(3)11-7-12-24(20-33)26-15-17-30(28(26)34)27(13-8-18-31)25(23(4)19-32)14-16-29(30,5)35/h7,9,11-12,19,26-28,31,33-35H,3,6,8,10,13-18,20H2,1-2,4-5H3/b11-7+,24-12-,25-23-/t26-,27+,28-,29-,30-/m0/s1. The minimum Gasteiger partial charge on any atom is -0.396 e. The van der Waals surface area contributed by atoms with E-state index in [1.165, 1.54) is 5.57 Å². The summed E-state index contributed by atoms with van der Waals surface area (Å²) >= 11 is 0. The van der Waals surface area contributed by atoms with Gasteiger partial charge in [0.2, 0.25) is 0 Å². The predicted molar refractivity (Wildman–Crippen MR) is 142 cm³/mol. The molecular formula is C30H46O5. The van der Waals surface area contributed by atoms with E-state index in [-0.39, 0.29) is 25.0 Å². The molecule has 0 aromatic rings. The van der Waals surface area contributed by atoms with Crippen LogP contribution in [0.25, 0.3) is 0 Å². The lowest BCUT2D eigenvalue weighted by molar-refractivity contribution is -0.167. The first-order valence-electron chi connectivity index (χ1n) is 13.0. The van der Waals surface area contributed by atoms with Gasteiger partial charge in [0.15, 0.2) is 0 Å². The molecule has 0 aromatic heterocycles. The van der Waals surface area contributed by atoms with Crippen LogP contribution in [0.4, 0.5) is 0 Å². The number of hydrogen-bond donors (Lipinski definition) is 4. The van der Waals surface area contributed by atoms with Gasteiger partial charge in [-0.3, -0.25) is 4.79 Å². The van der Waals surface area contributed by atoms with Gasteiger partial charge in [-0.25, -0.2) is 0 Å². The highest BCUT2D eigenvalue weighted by molar-refractivity contribution is 5.74. The molecule has 0 aliphatic heterocycles.